The molecule has 1 aliphatic heterocycles. The third-order valence-electron chi connectivity index (χ3n) is 4.10. The number of halogens is 2. The van der Waals surface area contributed by atoms with Gasteiger partial charge in [-0.1, -0.05) is 17.7 Å². The molecule has 0 saturated carbocycles. The summed E-state index contributed by atoms with van der Waals surface area (Å²) in [4.78, 5) is 25.2. The van der Waals surface area contributed by atoms with Gasteiger partial charge in [-0.05, 0) is 37.4 Å². The Hall–Kier alpha value is -1.66. The molecule has 5 nitrogen and oxygen atoms in total. The van der Waals surface area contributed by atoms with E-state index in [1.54, 1.807) is 6.07 Å². The normalized spacial score (nSPS) is 20.0. The van der Waals surface area contributed by atoms with Crippen molar-refractivity contribution in [2.24, 2.45) is 11.7 Å². The topological polar surface area (TPSA) is 72.6 Å². The van der Waals surface area contributed by atoms with Crippen LogP contribution in [0.1, 0.15) is 30.9 Å². The highest BCUT2D eigenvalue weighted by molar-refractivity contribution is 6.31. The maximum Gasteiger partial charge on any atom is 0.327 e. The fourth-order valence-electron chi connectivity index (χ4n) is 3.12. The lowest BCUT2D eigenvalue weighted by Crippen LogP contribution is -2.43. The van der Waals surface area contributed by atoms with E-state index in [4.69, 9.17) is 22.1 Å². The number of amides is 1. The van der Waals surface area contributed by atoms with Crippen molar-refractivity contribution in [1.29, 1.82) is 0 Å². The highest BCUT2D eigenvalue weighted by Gasteiger charge is 2.35. The van der Waals surface area contributed by atoms with E-state index in [1.165, 1.54) is 19.2 Å². The van der Waals surface area contributed by atoms with Gasteiger partial charge in [-0.15, -0.1) is 0 Å². The monoisotopic (exact) mass is 342 g/mol. The van der Waals surface area contributed by atoms with E-state index in [2.05, 4.69) is 0 Å². The van der Waals surface area contributed by atoms with Crippen LogP contribution in [-0.2, 0) is 14.3 Å². The molecule has 2 rings (SSSR count). The molecule has 2 N–H and O–H groups in total. The van der Waals surface area contributed by atoms with E-state index in [-0.39, 0.29) is 28.8 Å². The number of likely N-dealkylation sites (tertiary alicyclic amines) is 1. The number of primary amides is 1. The van der Waals surface area contributed by atoms with Gasteiger partial charge in [0.25, 0.3) is 0 Å². The molecular weight excluding hydrogens is 323 g/mol. The second-order valence-electron chi connectivity index (χ2n) is 5.73. The molecule has 1 aromatic carbocycles. The Morgan fingerprint density at radius 1 is 1.52 bits per heavy atom. The third-order valence-corrected chi connectivity index (χ3v) is 4.43. The number of methoxy groups -OCH3 is 1. The number of piperidine rings is 1. The van der Waals surface area contributed by atoms with Crippen molar-refractivity contribution >= 4 is 23.5 Å². The quantitative estimate of drug-likeness (QED) is 0.833. The van der Waals surface area contributed by atoms with Crippen LogP contribution in [0.4, 0.5) is 4.39 Å². The van der Waals surface area contributed by atoms with Crippen molar-refractivity contribution in [1.82, 2.24) is 4.90 Å². The zero-order chi connectivity index (χ0) is 17.0. The van der Waals surface area contributed by atoms with Gasteiger partial charge in [0.15, 0.2) is 0 Å². The molecule has 7 heteroatoms. The lowest BCUT2D eigenvalue weighted by atomic mass is 9.92. The van der Waals surface area contributed by atoms with Crippen molar-refractivity contribution in [3.05, 3.63) is 34.6 Å². The van der Waals surface area contributed by atoms with E-state index >= 15 is 0 Å². The van der Waals surface area contributed by atoms with Gasteiger partial charge in [-0.25, -0.2) is 9.18 Å². The summed E-state index contributed by atoms with van der Waals surface area (Å²) in [5.41, 5.74) is 5.37. The van der Waals surface area contributed by atoms with Crippen LogP contribution in [0.3, 0.4) is 0 Å². The first kappa shape index (κ1) is 17.7. The molecular formula is C16H20ClFN2O3. The predicted octanol–water partition coefficient (Wildman–Crippen LogP) is 2.28. The van der Waals surface area contributed by atoms with Crippen LogP contribution in [0.15, 0.2) is 18.2 Å². The minimum absolute atomic E-state index is 0.0407. The van der Waals surface area contributed by atoms with E-state index in [0.29, 0.717) is 13.1 Å². The van der Waals surface area contributed by atoms with Gasteiger partial charge in [0.05, 0.1) is 7.11 Å². The molecule has 0 unspecified atom stereocenters. The van der Waals surface area contributed by atoms with Gasteiger partial charge in [0.2, 0.25) is 5.91 Å². The molecule has 0 spiro atoms. The Bertz CT molecular complexity index is 576. The summed E-state index contributed by atoms with van der Waals surface area (Å²) in [6.07, 6.45) is 1.88. The molecule has 1 fully saturated rings. The van der Waals surface area contributed by atoms with Crippen LogP contribution >= 0.6 is 11.6 Å². The Morgan fingerprint density at radius 2 is 2.26 bits per heavy atom. The van der Waals surface area contributed by atoms with Gasteiger partial charge in [0, 0.05) is 23.6 Å². The van der Waals surface area contributed by atoms with Gasteiger partial charge >= 0.3 is 5.97 Å². The maximum atomic E-state index is 14.3. The minimum atomic E-state index is -0.927. The number of benzene rings is 1. The number of carbonyl (C=O) groups is 2. The third kappa shape index (κ3) is 4.20. The van der Waals surface area contributed by atoms with Crippen LogP contribution in [-0.4, -0.2) is 37.0 Å². The largest absolute Gasteiger partial charge is 0.468 e. The summed E-state index contributed by atoms with van der Waals surface area (Å²) < 4.78 is 19.1. The van der Waals surface area contributed by atoms with E-state index in [9.17, 15) is 14.0 Å². The number of nitrogens with zero attached hydrogens (tertiary/aromatic N) is 1. The van der Waals surface area contributed by atoms with Crippen molar-refractivity contribution in [2.45, 2.75) is 25.3 Å². The van der Waals surface area contributed by atoms with Crippen molar-refractivity contribution in [2.75, 3.05) is 20.2 Å². The number of nitrogens with two attached hydrogens (primary N) is 1. The molecule has 1 aliphatic rings. The van der Waals surface area contributed by atoms with Gasteiger partial charge in [-0.3, -0.25) is 9.69 Å². The molecule has 23 heavy (non-hydrogen) atoms. The summed E-state index contributed by atoms with van der Waals surface area (Å²) in [5, 5.41) is 0.178. The molecule has 1 heterocycles. The Kier molecular flexibility index (Phi) is 5.96. The zero-order valence-corrected chi connectivity index (χ0v) is 13.7. The smallest absolute Gasteiger partial charge is 0.327 e. The van der Waals surface area contributed by atoms with E-state index in [0.717, 1.165) is 12.8 Å². The first-order valence-electron chi connectivity index (χ1n) is 7.48. The average Bonchev–Trinajstić information content (AvgIpc) is 2.50. The standard InChI is InChI=1S/C16H20ClFN2O3/c1-23-16(22)15(14-11(17)5-2-6-12(14)18)20-7-3-4-10(9-20)8-13(19)21/h2,5-6,10,15H,3-4,7-9H2,1H3,(H2,19,21)/t10-,15-/m1/s1. The number of ether oxygens (including phenoxy) is 1. The van der Waals surface area contributed by atoms with Crippen LogP contribution < -0.4 is 5.73 Å². The van der Waals surface area contributed by atoms with Crippen LogP contribution in [0.25, 0.3) is 0 Å². The lowest BCUT2D eigenvalue weighted by molar-refractivity contribution is -0.148. The Morgan fingerprint density at radius 3 is 2.87 bits per heavy atom. The SMILES string of the molecule is COC(=O)[C@@H](c1c(F)cccc1Cl)N1CCC[C@H](CC(N)=O)C1. The van der Waals surface area contributed by atoms with Crippen molar-refractivity contribution in [3.63, 3.8) is 0 Å². The first-order valence-corrected chi connectivity index (χ1v) is 7.86. The number of esters is 1. The summed E-state index contributed by atoms with van der Waals surface area (Å²) in [5.74, 6) is -1.46. The minimum Gasteiger partial charge on any atom is -0.468 e. The highest BCUT2D eigenvalue weighted by Crippen LogP contribution is 2.34. The van der Waals surface area contributed by atoms with E-state index in [1.807, 2.05) is 4.90 Å². The van der Waals surface area contributed by atoms with Crippen molar-refractivity contribution in [3.8, 4) is 0 Å². The zero-order valence-electron chi connectivity index (χ0n) is 12.9. The first-order chi connectivity index (χ1) is 10.9. The number of carbonyl (C=O) groups excluding carboxylic acids is 2. The lowest BCUT2D eigenvalue weighted by Gasteiger charge is -2.37. The molecule has 0 aliphatic carbocycles. The average molecular weight is 343 g/mol. The van der Waals surface area contributed by atoms with Gasteiger partial charge < -0.3 is 10.5 Å². The fraction of sp³-hybridized carbons (Fsp3) is 0.500. The van der Waals surface area contributed by atoms with Crippen LogP contribution in [0.2, 0.25) is 5.02 Å². The molecule has 1 saturated heterocycles. The number of rotatable bonds is 5. The van der Waals surface area contributed by atoms with Crippen molar-refractivity contribution < 1.29 is 18.7 Å². The molecule has 0 aromatic heterocycles. The molecule has 126 valence electrons. The fourth-order valence-corrected chi connectivity index (χ4v) is 3.38. The number of hydrogen-bond donors (Lipinski definition) is 1. The summed E-state index contributed by atoms with van der Waals surface area (Å²) in [6.45, 7) is 1.06. The Labute approximate surface area is 139 Å². The Balaban J connectivity index is 2.32. The van der Waals surface area contributed by atoms with Crippen LogP contribution in [0, 0.1) is 11.7 Å². The molecule has 1 amide bonds. The highest BCUT2D eigenvalue weighted by atomic mass is 35.5. The second kappa shape index (κ2) is 7.75. The van der Waals surface area contributed by atoms with Gasteiger partial charge in [-0.2, -0.15) is 0 Å². The second-order valence-corrected chi connectivity index (χ2v) is 6.14. The molecule has 0 radical (unpaired) electrons. The number of hydrogen-bond acceptors (Lipinski definition) is 4. The molecule has 1 aromatic rings. The summed E-state index contributed by atoms with van der Waals surface area (Å²) in [6, 6.07) is 3.37. The van der Waals surface area contributed by atoms with E-state index < -0.39 is 17.8 Å². The maximum absolute atomic E-state index is 14.3. The summed E-state index contributed by atoms with van der Waals surface area (Å²) in [7, 11) is 1.26. The molecule has 2 atom stereocenters. The molecule has 0 bridgehead atoms. The predicted molar refractivity (Wildman–Crippen MR) is 84.3 cm³/mol. The van der Waals surface area contributed by atoms with Gasteiger partial charge in [0.1, 0.15) is 11.9 Å². The van der Waals surface area contributed by atoms with Crippen LogP contribution in [0.5, 0.6) is 0 Å². The summed E-state index contributed by atoms with van der Waals surface area (Å²) >= 11 is 6.12.